The summed E-state index contributed by atoms with van der Waals surface area (Å²) in [5, 5.41) is 11.7. The highest BCUT2D eigenvalue weighted by atomic mass is 16.1. The Bertz CT molecular complexity index is 413. The highest BCUT2D eigenvalue weighted by Crippen LogP contribution is 2.06. The van der Waals surface area contributed by atoms with Crippen LogP contribution >= 0.6 is 0 Å². The highest BCUT2D eigenvalue weighted by Gasteiger charge is 2.08. The SMILES string of the molecule is CCC(CC)NC(=O)CCc1ccc(C#N)cc1. The number of carbonyl (C=O) groups excluding carboxylic acids is 1. The molecule has 0 saturated carbocycles. The Kier molecular flexibility index (Phi) is 5.93. The molecular formula is C15H20N2O. The molecule has 0 radical (unpaired) electrons. The van der Waals surface area contributed by atoms with E-state index in [-0.39, 0.29) is 5.91 Å². The van der Waals surface area contributed by atoms with E-state index in [1.807, 2.05) is 12.1 Å². The quantitative estimate of drug-likeness (QED) is 0.836. The van der Waals surface area contributed by atoms with Crippen LogP contribution < -0.4 is 5.32 Å². The molecule has 0 spiro atoms. The molecule has 0 heterocycles. The number of rotatable bonds is 6. The standard InChI is InChI=1S/C15H20N2O/c1-3-14(4-2)17-15(18)10-9-12-5-7-13(11-16)8-6-12/h5-8,14H,3-4,9-10H2,1-2H3,(H,17,18). The molecule has 0 atom stereocenters. The molecule has 1 N–H and O–H groups in total. The van der Waals surface area contributed by atoms with Crippen LogP contribution in [0.4, 0.5) is 0 Å². The van der Waals surface area contributed by atoms with Gasteiger partial charge in [-0.3, -0.25) is 4.79 Å². The van der Waals surface area contributed by atoms with Crippen LogP contribution in [0.15, 0.2) is 24.3 Å². The van der Waals surface area contributed by atoms with Gasteiger partial charge in [-0.1, -0.05) is 26.0 Å². The molecular weight excluding hydrogens is 224 g/mol. The van der Waals surface area contributed by atoms with E-state index in [2.05, 4.69) is 25.2 Å². The van der Waals surface area contributed by atoms with Gasteiger partial charge in [-0.05, 0) is 37.0 Å². The number of amides is 1. The van der Waals surface area contributed by atoms with Crippen LogP contribution in [0.1, 0.15) is 44.2 Å². The lowest BCUT2D eigenvalue weighted by Crippen LogP contribution is -2.33. The maximum absolute atomic E-state index is 11.7. The van der Waals surface area contributed by atoms with Crippen LogP contribution in [-0.2, 0) is 11.2 Å². The van der Waals surface area contributed by atoms with Crippen molar-refractivity contribution in [3.05, 3.63) is 35.4 Å². The minimum atomic E-state index is 0.105. The molecule has 0 bridgehead atoms. The Morgan fingerprint density at radius 3 is 2.39 bits per heavy atom. The van der Waals surface area contributed by atoms with Gasteiger partial charge in [-0.15, -0.1) is 0 Å². The fourth-order valence-corrected chi connectivity index (χ4v) is 1.80. The van der Waals surface area contributed by atoms with Crippen LogP contribution in [-0.4, -0.2) is 11.9 Å². The van der Waals surface area contributed by atoms with Crippen LogP contribution in [0, 0.1) is 11.3 Å². The molecule has 0 aromatic heterocycles. The summed E-state index contributed by atoms with van der Waals surface area (Å²) in [7, 11) is 0. The fourth-order valence-electron chi connectivity index (χ4n) is 1.80. The van der Waals surface area contributed by atoms with E-state index < -0.39 is 0 Å². The summed E-state index contributed by atoms with van der Waals surface area (Å²) in [5.74, 6) is 0.105. The lowest BCUT2D eigenvalue weighted by atomic mass is 10.1. The molecule has 0 unspecified atom stereocenters. The van der Waals surface area contributed by atoms with E-state index in [0.29, 0.717) is 18.0 Å². The van der Waals surface area contributed by atoms with E-state index in [1.54, 1.807) is 12.1 Å². The van der Waals surface area contributed by atoms with Crippen LogP contribution in [0.2, 0.25) is 0 Å². The summed E-state index contributed by atoms with van der Waals surface area (Å²) in [6.45, 7) is 4.16. The lowest BCUT2D eigenvalue weighted by Gasteiger charge is -2.14. The second-order valence-corrected chi connectivity index (χ2v) is 4.39. The Morgan fingerprint density at radius 2 is 1.89 bits per heavy atom. The molecule has 96 valence electrons. The third kappa shape index (κ3) is 4.58. The summed E-state index contributed by atoms with van der Waals surface area (Å²) in [6.07, 6.45) is 3.16. The summed E-state index contributed by atoms with van der Waals surface area (Å²) < 4.78 is 0. The van der Waals surface area contributed by atoms with Crippen molar-refractivity contribution in [2.75, 3.05) is 0 Å². The molecule has 1 rings (SSSR count). The number of hydrogen-bond donors (Lipinski definition) is 1. The number of hydrogen-bond acceptors (Lipinski definition) is 2. The Morgan fingerprint density at radius 1 is 1.28 bits per heavy atom. The second kappa shape index (κ2) is 7.50. The van der Waals surface area contributed by atoms with Gasteiger partial charge in [0.05, 0.1) is 11.6 Å². The maximum Gasteiger partial charge on any atom is 0.220 e. The Balaban J connectivity index is 2.40. The zero-order valence-electron chi connectivity index (χ0n) is 11.1. The zero-order valence-corrected chi connectivity index (χ0v) is 11.1. The second-order valence-electron chi connectivity index (χ2n) is 4.39. The minimum Gasteiger partial charge on any atom is -0.353 e. The van der Waals surface area contributed by atoms with Crippen molar-refractivity contribution in [1.82, 2.24) is 5.32 Å². The predicted octanol–water partition coefficient (Wildman–Crippen LogP) is 2.80. The van der Waals surface area contributed by atoms with E-state index in [4.69, 9.17) is 5.26 Å². The Hall–Kier alpha value is -1.82. The van der Waals surface area contributed by atoms with Gasteiger partial charge < -0.3 is 5.32 Å². The normalized spacial score (nSPS) is 10.1. The monoisotopic (exact) mass is 244 g/mol. The van der Waals surface area contributed by atoms with Crippen molar-refractivity contribution >= 4 is 5.91 Å². The van der Waals surface area contributed by atoms with Gasteiger partial charge in [0.2, 0.25) is 5.91 Å². The number of carbonyl (C=O) groups is 1. The highest BCUT2D eigenvalue weighted by molar-refractivity contribution is 5.76. The largest absolute Gasteiger partial charge is 0.353 e. The van der Waals surface area contributed by atoms with E-state index >= 15 is 0 Å². The van der Waals surface area contributed by atoms with Crippen molar-refractivity contribution < 1.29 is 4.79 Å². The number of nitriles is 1. The van der Waals surface area contributed by atoms with E-state index in [0.717, 1.165) is 24.8 Å². The zero-order chi connectivity index (χ0) is 13.4. The van der Waals surface area contributed by atoms with E-state index in [9.17, 15) is 4.79 Å². The molecule has 3 heteroatoms. The third-order valence-corrected chi connectivity index (χ3v) is 3.07. The van der Waals surface area contributed by atoms with Crippen molar-refractivity contribution in [2.24, 2.45) is 0 Å². The molecule has 1 amide bonds. The molecule has 0 fully saturated rings. The third-order valence-electron chi connectivity index (χ3n) is 3.07. The number of nitrogens with one attached hydrogen (secondary N) is 1. The molecule has 0 saturated heterocycles. The van der Waals surface area contributed by atoms with Gasteiger partial charge in [0.1, 0.15) is 0 Å². The first-order valence-electron chi connectivity index (χ1n) is 6.48. The van der Waals surface area contributed by atoms with E-state index in [1.165, 1.54) is 0 Å². The van der Waals surface area contributed by atoms with Crippen LogP contribution in [0.5, 0.6) is 0 Å². The average Bonchev–Trinajstić information content (AvgIpc) is 2.43. The van der Waals surface area contributed by atoms with Gasteiger partial charge in [-0.2, -0.15) is 5.26 Å². The maximum atomic E-state index is 11.7. The number of aryl methyl sites for hydroxylation is 1. The van der Waals surface area contributed by atoms with Crippen molar-refractivity contribution in [1.29, 1.82) is 5.26 Å². The first kappa shape index (κ1) is 14.2. The molecule has 1 aromatic carbocycles. The average molecular weight is 244 g/mol. The van der Waals surface area contributed by atoms with Gasteiger partial charge in [0.25, 0.3) is 0 Å². The minimum absolute atomic E-state index is 0.105. The lowest BCUT2D eigenvalue weighted by molar-refractivity contribution is -0.121. The van der Waals surface area contributed by atoms with Crippen LogP contribution in [0.3, 0.4) is 0 Å². The smallest absolute Gasteiger partial charge is 0.220 e. The fraction of sp³-hybridized carbons (Fsp3) is 0.467. The summed E-state index contributed by atoms with van der Waals surface area (Å²) in [4.78, 5) is 11.7. The Labute approximate surface area is 109 Å². The van der Waals surface area contributed by atoms with Gasteiger partial charge in [-0.25, -0.2) is 0 Å². The van der Waals surface area contributed by atoms with Gasteiger partial charge >= 0.3 is 0 Å². The molecule has 3 nitrogen and oxygen atoms in total. The van der Waals surface area contributed by atoms with Gasteiger partial charge in [0.15, 0.2) is 0 Å². The first-order chi connectivity index (χ1) is 8.69. The molecule has 0 aliphatic carbocycles. The van der Waals surface area contributed by atoms with Crippen molar-refractivity contribution in [2.45, 2.75) is 45.6 Å². The summed E-state index contributed by atoms with van der Waals surface area (Å²) in [5.41, 5.74) is 1.74. The topological polar surface area (TPSA) is 52.9 Å². The predicted molar refractivity (Wildman–Crippen MR) is 72.0 cm³/mol. The molecule has 18 heavy (non-hydrogen) atoms. The van der Waals surface area contributed by atoms with Gasteiger partial charge in [0, 0.05) is 12.5 Å². The van der Waals surface area contributed by atoms with Crippen molar-refractivity contribution in [3.8, 4) is 6.07 Å². The number of nitrogens with zero attached hydrogens (tertiary/aromatic N) is 1. The van der Waals surface area contributed by atoms with Crippen molar-refractivity contribution in [3.63, 3.8) is 0 Å². The molecule has 0 aliphatic heterocycles. The summed E-state index contributed by atoms with van der Waals surface area (Å²) >= 11 is 0. The first-order valence-corrected chi connectivity index (χ1v) is 6.48. The summed E-state index contributed by atoms with van der Waals surface area (Å²) in [6, 6.07) is 9.75. The number of benzene rings is 1. The molecule has 1 aromatic rings. The molecule has 0 aliphatic rings. The van der Waals surface area contributed by atoms with Crippen LogP contribution in [0.25, 0.3) is 0 Å².